The number of rotatable bonds is 2. The van der Waals surface area contributed by atoms with Crippen LogP contribution in [0.5, 0.6) is 0 Å². The molecule has 0 atom stereocenters. The molecule has 1 saturated carbocycles. The molecule has 2 N–H and O–H groups in total. The van der Waals surface area contributed by atoms with E-state index >= 15 is 0 Å². The van der Waals surface area contributed by atoms with Crippen molar-refractivity contribution in [3.05, 3.63) is 35.6 Å². The lowest BCUT2D eigenvalue weighted by Gasteiger charge is -2.44. The maximum Gasteiger partial charge on any atom is 0.326 e. The minimum atomic E-state index is -0.896. The molecule has 0 aromatic heterocycles. The second kappa shape index (κ2) is 4.60. The van der Waals surface area contributed by atoms with E-state index in [1.807, 2.05) is 20.8 Å². The second-order valence-corrected chi connectivity index (χ2v) is 6.31. The molecule has 1 fully saturated rings. The highest BCUT2D eigenvalue weighted by Crippen LogP contribution is 2.44. The number of ether oxygens (including phenoxy) is 1. The summed E-state index contributed by atoms with van der Waals surface area (Å²) in [6.07, 6.45) is 1.10. The van der Waals surface area contributed by atoms with Crippen LogP contribution in [0.3, 0.4) is 0 Å². The van der Waals surface area contributed by atoms with E-state index in [9.17, 15) is 9.18 Å². The molecule has 0 heterocycles. The topological polar surface area (TPSA) is 52.3 Å². The van der Waals surface area contributed by atoms with Gasteiger partial charge in [0.2, 0.25) is 0 Å². The molecule has 1 aliphatic rings. The molecule has 0 bridgehead atoms. The lowest BCUT2D eigenvalue weighted by Crippen LogP contribution is -2.58. The van der Waals surface area contributed by atoms with Crippen LogP contribution in [0.15, 0.2) is 24.3 Å². The van der Waals surface area contributed by atoms with Crippen molar-refractivity contribution in [2.75, 3.05) is 0 Å². The van der Waals surface area contributed by atoms with Gasteiger partial charge in [-0.25, -0.2) is 4.39 Å². The Kier molecular flexibility index (Phi) is 3.39. The van der Waals surface area contributed by atoms with Crippen LogP contribution in [0.4, 0.5) is 4.39 Å². The first-order valence-corrected chi connectivity index (χ1v) is 6.47. The summed E-state index contributed by atoms with van der Waals surface area (Å²) in [5, 5.41) is 0. The fraction of sp³-hybridized carbons (Fsp3) is 0.533. The fourth-order valence-electron chi connectivity index (χ4n) is 2.34. The predicted octanol–water partition coefficient (Wildman–Crippen LogP) is 2.74. The van der Waals surface area contributed by atoms with Gasteiger partial charge in [0.05, 0.1) is 0 Å². The zero-order valence-corrected chi connectivity index (χ0v) is 11.6. The highest BCUT2D eigenvalue weighted by molar-refractivity contribution is 5.82. The van der Waals surface area contributed by atoms with Crippen LogP contribution in [-0.2, 0) is 9.53 Å². The second-order valence-electron chi connectivity index (χ2n) is 6.31. The summed E-state index contributed by atoms with van der Waals surface area (Å²) in [7, 11) is 0. The monoisotopic (exact) mass is 265 g/mol. The van der Waals surface area contributed by atoms with Gasteiger partial charge in [0.1, 0.15) is 17.0 Å². The standard InChI is InChI=1S/C15H20FNO2/c1-14(2,3)19-13(18)15(17)8-11(9-15)10-4-6-12(16)7-5-10/h4-7,11H,8-9,17H2,1-3H3. The Morgan fingerprint density at radius 3 is 2.32 bits per heavy atom. The molecule has 1 aliphatic carbocycles. The number of benzene rings is 1. The third-order valence-corrected chi connectivity index (χ3v) is 3.37. The Morgan fingerprint density at radius 2 is 1.84 bits per heavy atom. The first kappa shape index (κ1) is 14.0. The van der Waals surface area contributed by atoms with Crippen LogP contribution in [-0.4, -0.2) is 17.1 Å². The number of carbonyl (C=O) groups is 1. The van der Waals surface area contributed by atoms with Crippen LogP contribution in [0.1, 0.15) is 45.1 Å². The smallest absolute Gasteiger partial charge is 0.326 e. The van der Waals surface area contributed by atoms with Crippen molar-refractivity contribution in [2.24, 2.45) is 5.73 Å². The maximum absolute atomic E-state index is 12.8. The van der Waals surface area contributed by atoms with E-state index in [-0.39, 0.29) is 17.7 Å². The van der Waals surface area contributed by atoms with Crippen LogP contribution in [0.25, 0.3) is 0 Å². The van der Waals surface area contributed by atoms with E-state index in [1.54, 1.807) is 12.1 Å². The van der Waals surface area contributed by atoms with E-state index in [2.05, 4.69) is 0 Å². The average Bonchev–Trinajstić information content (AvgIpc) is 2.23. The molecule has 0 saturated heterocycles. The van der Waals surface area contributed by atoms with E-state index in [0.29, 0.717) is 12.8 Å². The number of halogens is 1. The molecule has 0 radical (unpaired) electrons. The van der Waals surface area contributed by atoms with Crippen molar-refractivity contribution < 1.29 is 13.9 Å². The number of carbonyl (C=O) groups excluding carboxylic acids is 1. The van der Waals surface area contributed by atoms with Crippen LogP contribution < -0.4 is 5.73 Å². The van der Waals surface area contributed by atoms with Crippen molar-refractivity contribution in [1.82, 2.24) is 0 Å². The van der Waals surface area contributed by atoms with Crippen molar-refractivity contribution in [3.63, 3.8) is 0 Å². The molecule has 1 aromatic rings. The molecule has 3 nitrogen and oxygen atoms in total. The van der Waals surface area contributed by atoms with Gasteiger partial charge in [0.15, 0.2) is 0 Å². The maximum atomic E-state index is 12.8. The summed E-state index contributed by atoms with van der Waals surface area (Å²) in [6.45, 7) is 5.47. The van der Waals surface area contributed by atoms with Crippen molar-refractivity contribution in [3.8, 4) is 0 Å². The molecule has 0 aliphatic heterocycles. The third-order valence-electron chi connectivity index (χ3n) is 3.37. The highest BCUT2D eigenvalue weighted by atomic mass is 19.1. The van der Waals surface area contributed by atoms with Gasteiger partial charge in [-0.3, -0.25) is 4.79 Å². The van der Waals surface area contributed by atoms with E-state index in [4.69, 9.17) is 10.5 Å². The molecular weight excluding hydrogens is 245 g/mol. The molecule has 104 valence electrons. The Bertz CT molecular complexity index is 470. The van der Waals surface area contributed by atoms with Gasteiger partial charge in [-0.2, -0.15) is 0 Å². The average molecular weight is 265 g/mol. The molecule has 19 heavy (non-hydrogen) atoms. The Hall–Kier alpha value is -1.42. The van der Waals surface area contributed by atoms with Gasteiger partial charge in [0, 0.05) is 0 Å². The van der Waals surface area contributed by atoms with Crippen LogP contribution in [0, 0.1) is 5.82 Å². The van der Waals surface area contributed by atoms with Gasteiger partial charge in [0.25, 0.3) is 0 Å². The Morgan fingerprint density at radius 1 is 1.32 bits per heavy atom. The fourth-order valence-corrected chi connectivity index (χ4v) is 2.34. The van der Waals surface area contributed by atoms with Gasteiger partial charge >= 0.3 is 5.97 Å². The summed E-state index contributed by atoms with van der Waals surface area (Å²) in [5.41, 5.74) is 5.66. The Balaban J connectivity index is 1.97. The van der Waals surface area contributed by atoms with Crippen molar-refractivity contribution >= 4 is 5.97 Å². The molecular formula is C15H20FNO2. The molecule has 0 spiro atoms. The minimum Gasteiger partial charge on any atom is -0.459 e. The number of nitrogens with two attached hydrogens (primary N) is 1. The third kappa shape index (κ3) is 3.13. The van der Waals surface area contributed by atoms with Gasteiger partial charge in [-0.1, -0.05) is 12.1 Å². The van der Waals surface area contributed by atoms with Gasteiger partial charge in [-0.05, 0) is 57.2 Å². The zero-order chi connectivity index (χ0) is 14.3. The highest BCUT2D eigenvalue weighted by Gasteiger charge is 2.49. The van der Waals surface area contributed by atoms with E-state index < -0.39 is 11.1 Å². The molecule has 2 rings (SSSR count). The summed E-state index contributed by atoms with van der Waals surface area (Å²) >= 11 is 0. The quantitative estimate of drug-likeness (QED) is 0.836. The minimum absolute atomic E-state index is 0.207. The van der Waals surface area contributed by atoms with Crippen LogP contribution in [0.2, 0.25) is 0 Å². The van der Waals surface area contributed by atoms with E-state index in [1.165, 1.54) is 12.1 Å². The SMILES string of the molecule is CC(C)(C)OC(=O)C1(N)CC(c2ccc(F)cc2)C1. The lowest BCUT2D eigenvalue weighted by atomic mass is 9.66. The largest absolute Gasteiger partial charge is 0.459 e. The first-order valence-electron chi connectivity index (χ1n) is 6.47. The summed E-state index contributed by atoms with van der Waals surface area (Å²) < 4.78 is 18.2. The van der Waals surface area contributed by atoms with Gasteiger partial charge < -0.3 is 10.5 Å². The van der Waals surface area contributed by atoms with E-state index in [0.717, 1.165) is 5.56 Å². The summed E-state index contributed by atoms with van der Waals surface area (Å²) in [5.74, 6) is -0.397. The number of hydrogen-bond donors (Lipinski definition) is 1. The molecule has 0 amide bonds. The summed E-state index contributed by atoms with van der Waals surface area (Å²) in [6, 6.07) is 6.35. The zero-order valence-electron chi connectivity index (χ0n) is 11.6. The Labute approximate surface area is 112 Å². The lowest BCUT2D eigenvalue weighted by molar-refractivity contribution is -0.166. The normalized spacial score (nSPS) is 26.7. The van der Waals surface area contributed by atoms with Crippen LogP contribution >= 0.6 is 0 Å². The molecule has 0 unspecified atom stereocenters. The molecule has 4 heteroatoms. The predicted molar refractivity (Wildman–Crippen MR) is 71.1 cm³/mol. The van der Waals surface area contributed by atoms with Crippen molar-refractivity contribution in [1.29, 1.82) is 0 Å². The number of esters is 1. The first-order chi connectivity index (χ1) is 8.70. The number of hydrogen-bond acceptors (Lipinski definition) is 3. The van der Waals surface area contributed by atoms with Gasteiger partial charge in [-0.15, -0.1) is 0 Å². The van der Waals surface area contributed by atoms with Crippen molar-refractivity contribution in [2.45, 2.75) is 50.7 Å². The summed E-state index contributed by atoms with van der Waals surface area (Å²) in [4.78, 5) is 12.0. The molecule has 1 aromatic carbocycles.